The van der Waals surface area contributed by atoms with E-state index in [4.69, 9.17) is 4.74 Å². The molecule has 0 aliphatic carbocycles. The minimum atomic E-state index is -0.931. The number of alkyl halides is 1. The highest BCUT2D eigenvalue weighted by atomic mass is 79.9. The van der Waals surface area contributed by atoms with Crippen LogP contribution in [0.2, 0.25) is 0 Å². The van der Waals surface area contributed by atoms with Crippen molar-refractivity contribution in [2.24, 2.45) is 0 Å². The van der Waals surface area contributed by atoms with Crippen LogP contribution in [0.1, 0.15) is 77.6 Å². The smallest absolute Gasteiger partial charge is 0.318 e. The van der Waals surface area contributed by atoms with Crippen molar-refractivity contribution in [2.75, 3.05) is 5.33 Å². The summed E-state index contributed by atoms with van der Waals surface area (Å²) in [5.74, 6) is -0.403. The monoisotopic (exact) mass is 336 g/mol. The van der Waals surface area contributed by atoms with E-state index in [0.717, 1.165) is 12.8 Å². The van der Waals surface area contributed by atoms with E-state index in [0.29, 0.717) is 6.42 Å². The number of rotatable bonds is 13. The topological polar surface area (TPSA) is 46.5 Å². The molecule has 0 spiro atoms. The van der Waals surface area contributed by atoms with E-state index in [1.165, 1.54) is 51.4 Å². The lowest BCUT2D eigenvalue weighted by Crippen LogP contribution is -2.18. The van der Waals surface area contributed by atoms with E-state index in [-0.39, 0.29) is 5.33 Å². The summed E-state index contributed by atoms with van der Waals surface area (Å²) < 4.78 is 4.75. The van der Waals surface area contributed by atoms with Crippen LogP contribution in [-0.4, -0.2) is 22.7 Å². The maximum absolute atomic E-state index is 10.9. The molecule has 0 rings (SSSR count). The highest BCUT2D eigenvalue weighted by Crippen LogP contribution is 2.12. The molecule has 0 radical (unpaired) electrons. The van der Waals surface area contributed by atoms with Crippen LogP contribution in [0, 0.1) is 0 Å². The molecule has 0 aromatic carbocycles. The van der Waals surface area contributed by atoms with E-state index in [1.807, 2.05) is 0 Å². The van der Waals surface area contributed by atoms with Gasteiger partial charge in [-0.1, -0.05) is 80.6 Å². The lowest BCUT2D eigenvalue weighted by atomic mass is 10.1. The summed E-state index contributed by atoms with van der Waals surface area (Å²) in [6.45, 7) is 2.24. The normalized spacial score (nSPS) is 12.4. The van der Waals surface area contributed by atoms with Gasteiger partial charge in [-0.3, -0.25) is 4.79 Å². The van der Waals surface area contributed by atoms with Gasteiger partial charge in [-0.2, -0.15) is 0 Å². The quantitative estimate of drug-likeness (QED) is 0.232. The van der Waals surface area contributed by atoms with Crippen molar-refractivity contribution in [3.8, 4) is 0 Å². The molecule has 3 nitrogen and oxygen atoms in total. The number of aliphatic hydroxyl groups excluding tert-OH is 1. The number of carbonyl (C=O) groups excluding carboxylic acids is 1. The molecule has 1 N–H and O–H groups in total. The fourth-order valence-corrected chi connectivity index (χ4v) is 2.18. The standard InChI is InChI=1S/C15H29BrO3/c1-2-3-4-5-6-7-8-9-10-11-12-14(17)19-15(18)13-16/h14,17H,2-13H2,1H3. The first kappa shape index (κ1) is 18.9. The van der Waals surface area contributed by atoms with Gasteiger partial charge in [-0.25, -0.2) is 0 Å². The van der Waals surface area contributed by atoms with Crippen LogP contribution in [0.25, 0.3) is 0 Å². The molecule has 0 heterocycles. The Morgan fingerprint density at radius 2 is 1.47 bits per heavy atom. The first-order valence-electron chi connectivity index (χ1n) is 7.64. The summed E-state index contributed by atoms with van der Waals surface area (Å²) in [5.41, 5.74) is 0. The van der Waals surface area contributed by atoms with Gasteiger partial charge in [0.15, 0.2) is 0 Å². The molecule has 0 aromatic heterocycles. The number of unbranched alkanes of at least 4 members (excludes halogenated alkanes) is 9. The van der Waals surface area contributed by atoms with Crippen LogP contribution in [0.4, 0.5) is 0 Å². The third kappa shape index (κ3) is 14.1. The van der Waals surface area contributed by atoms with E-state index < -0.39 is 12.3 Å². The number of carbonyl (C=O) groups is 1. The third-order valence-corrected chi connectivity index (χ3v) is 3.64. The summed E-state index contributed by atoms with van der Waals surface area (Å²) in [4.78, 5) is 10.9. The molecule has 19 heavy (non-hydrogen) atoms. The third-order valence-electron chi connectivity index (χ3n) is 3.18. The Morgan fingerprint density at radius 1 is 1.00 bits per heavy atom. The molecule has 0 aromatic rings. The van der Waals surface area contributed by atoms with Gasteiger partial charge in [0.1, 0.15) is 5.33 Å². The number of hydrogen-bond acceptors (Lipinski definition) is 3. The second-order valence-corrected chi connectivity index (χ2v) is 5.61. The summed E-state index contributed by atoms with van der Waals surface area (Å²) in [5, 5.41) is 9.55. The first-order chi connectivity index (χ1) is 9.20. The maximum Gasteiger partial charge on any atom is 0.318 e. The Morgan fingerprint density at radius 3 is 1.95 bits per heavy atom. The zero-order valence-corrected chi connectivity index (χ0v) is 13.8. The number of aliphatic hydroxyl groups is 1. The summed E-state index contributed by atoms with van der Waals surface area (Å²) in [6.07, 6.45) is 12.2. The lowest BCUT2D eigenvalue weighted by Gasteiger charge is -2.10. The zero-order valence-electron chi connectivity index (χ0n) is 12.2. The number of halogens is 1. The van der Waals surface area contributed by atoms with Gasteiger partial charge in [0.2, 0.25) is 6.29 Å². The molecule has 1 atom stereocenters. The van der Waals surface area contributed by atoms with E-state index >= 15 is 0 Å². The van der Waals surface area contributed by atoms with Crippen molar-refractivity contribution in [2.45, 2.75) is 83.8 Å². The highest BCUT2D eigenvalue weighted by molar-refractivity contribution is 9.09. The predicted octanol–water partition coefficient (Wildman–Crippen LogP) is 4.55. The van der Waals surface area contributed by atoms with Crippen LogP contribution >= 0.6 is 15.9 Å². The fourth-order valence-electron chi connectivity index (χ4n) is 2.05. The maximum atomic E-state index is 10.9. The van der Waals surface area contributed by atoms with Gasteiger partial charge in [0.05, 0.1) is 0 Å². The minimum absolute atomic E-state index is 0.141. The van der Waals surface area contributed by atoms with Gasteiger partial charge in [0.25, 0.3) is 0 Å². The molecule has 4 heteroatoms. The highest BCUT2D eigenvalue weighted by Gasteiger charge is 2.08. The SMILES string of the molecule is CCCCCCCCCCCCC(O)OC(=O)CBr. The van der Waals surface area contributed by atoms with Gasteiger partial charge in [-0.05, 0) is 6.42 Å². The molecule has 0 saturated heterocycles. The van der Waals surface area contributed by atoms with E-state index in [9.17, 15) is 9.90 Å². The van der Waals surface area contributed by atoms with Crippen LogP contribution in [0.5, 0.6) is 0 Å². The number of hydrogen-bond donors (Lipinski definition) is 1. The van der Waals surface area contributed by atoms with Crippen molar-refractivity contribution in [3.05, 3.63) is 0 Å². The van der Waals surface area contributed by atoms with Crippen molar-refractivity contribution < 1.29 is 14.6 Å². The molecular weight excluding hydrogens is 308 g/mol. The summed E-state index contributed by atoms with van der Waals surface area (Å²) >= 11 is 2.99. The van der Waals surface area contributed by atoms with Crippen LogP contribution in [0.15, 0.2) is 0 Å². The van der Waals surface area contributed by atoms with Crippen molar-refractivity contribution >= 4 is 21.9 Å². The minimum Gasteiger partial charge on any atom is -0.435 e. The van der Waals surface area contributed by atoms with Crippen molar-refractivity contribution in [1.29, 1.82) is 0 Å². The Kier molecular flexibility index (Phi) is 14.3. The Hall–Kier alpha value is -0.0900. The lowest BCUT2D eigenvalue weighted by molar-refractivity contribution is -0.165. The predicted molar refractivity (Wildman–Crippen MR) is 82.4 cm³/mol. The van der Waals surface area contributed by atoms with Gasteiger partial charge in [0, 0.05) is 6.42 Å². The fraction of sp³-hybridized carbons (Fsp3) is 0.933. The molecule has 0 bridgehead atoms. The van der Waals surface area contributed by atoms with Gasteiger partial charge >= 0.3 is 5.97 Å². The summed E-state index contributed by atoms with van der Waals surface area (Å²) in [6, 6.07) is 0. The van der Waals surface area contributed by atoms with Gasteiger partial charge in [-0.15, -0.1) is 0 Å². The Labute approximate surface area is 126 Å². The zero-order chi connectivity index (χ0) is 14.3. The Bertz CT molecular complexity index is 210. The van der Waals surface area contributed by atoms with Crippen LogP contribution in [-0.2, 0) is 9.53 Å². The molecule has 1 unspecified atom stereocenters. The second kappa shape index (κ2) is 14.3. The molecule has 0 amide bonds. The number of ether oxygens (including phenoxy) is 1. The molecule has 0 fully saturated rings. The second-order valence-electron chi connectivity index (χ2n) is 5.05. The molecule has 0 aliphatic rings. The van der Waals surface area contributed by atoms with Crippen molar-refractivity contribution in [3.63, 3.8) is 0 Å². The summed E-state index contributed by atoms with van der Waals surface area (Å²) in [7, 11) is 0. The first-order valence-corrected chi connectivity index (χ1v) is 8.76. The van der Waals surface area contributed by atoms with E-state index in [2.05, 4.69) is 22.9 Å². The van der Waals surface area contributed by atoms with Crippen LogP contribution < -0.4 is 0 Å². The van der Waals surface area contributed by atoms with Crippen LogP contribution in [0.3, 0.4) is 0 Å². The molecule has 0 aliphatic heterocycles. The molecular formula is C15H29BrO3. The van der Waals surface area contributed by atoms with Gasteiger partial charge < -0.3 is 9.84 Å². The average Bonchev–Trinajstić information content (AvgIpc) is 2.40. The molecule has 0 saturated carbocycles. The Balaban J connectivity index is 3.16. The number of esters is 1. The molecule has 114 valence electrons. The largest absolute Gasteiger partial charge is 0.435 e. The van der Waals surface area contributed by atoms with E-state index in [1.54, 1.807) is 0 Å². The van der Waals surface area contributed by atoms with Crippen molar-refractivity contribution in [1.82, 2.24) is 0 Å². The average molecular weight is 337 g/mol.